The predicted octanol–water partition coefficient (Wildman–Crippen LogP) is 2.52. The minimum absolute atomic E-state index is 0. The molecule has 1 aromatic carbocycles. The quantitative estimate of drug-likeness (QED) is 0.794. The number of piperidine rings is 1. The molecule has 5 heteroatoms. The fourth-order valence-corrected chi connectivity index (χ4v) is 2.50. The minimum atomic E-state index is 0. The summed E-state index contributed by atoms with van der Waals surface area (Å²) in [5.41, 5.74) is 0. The van der Waals surface area contributed by atoms with Crippen LogP contribution in [0, 0.1) is 0 Å². The van der Waals surface area contributed by atoms with E-state index in [-0.39, 0.29) is 18.3 Å². The van der Waals surface area contributed by atoms with E-state index in [1.165, 1.54) is 0 Å². The average Bonchev–Trinajstić information content (AvgIpc) is 2.45. The van der Waals surface area contributed by atoms with Crippen molar-refractivity contribution in [3.63, 3.8) is 0 Å². The molecule has 1 aliphatic rings. The van der Waals surface area contributed by atoms with Gasteiger partial charge in [-0.2, -0.15) is 0 Å². The topological polar surface area (TPSA) is 50.4 Å². The monoisotopic (exact) mass is 312 g/mol. The first kappa shape index (κ1) is 17.8. The summed E-state index contributed by atoms with van der Waals surface area (Å²) in [7, 11) is 0. The van der Waals surface area contributed by atoms with Gasteiger partial charge in [0.2, 0.25) is 5.91 Å². The van der Waals surface area contributed by atoms with Gasteiger partial charge in [0.1, 0.15) is 5.75 Å². The first-order valence-corrected chi connectivity index (χ1v) is 7.44. The SMILES string of the molecule is CC1CC(NC(=O)CCCOc2ccccc2)CCN1.Cl. The number of carbonyl (C=O) groups excluding carboxylic acids is 1. The van der Waals surface area contributed by atoms with Crippen LogP contribution < -0.4 is 15.4 Å². The Morgan fingerprint density at radius 3 is 2.86 bits per heavy atom. The third-order valence-corrected chi connectivity index (χ3v) is 3.55. The summed E-state index contributed by atoms with van der Waals surface area (Å²) in [6, 6.07) is 10.5. The van der Waals surface area contributed by atoms with Crippen LogP contribution in [0.15, 0.2) is 30.3 Å². The molecule has 2 unspecified atom stereocenters. The van der Waals surface area contributed by atoms with E-state index in [9.17, 15) is 4.79 Å². The molecule has 2 rings (SSSR count). The molecule has 0 saturated carbocycles. The Bertz CT molecular complexity index is 414. The normalized spacial score (nSPS) is 21.2. The van der Waals surface area contributed by atoms with E-state index in [0.29, 0.717) is 25.1 Å². The van der Waals surface area contributed by atoms with Crippen LogP contribution in [0.1, 0.15) is 32.6 Å². The van der Waals surface area contributed by atoms with E-state index >= 15 is 0 Å². The highest BCUT2D eigenvalue weighted by molar-refractivity contribution is 5.85. The van der Waals surface area contributed by atoms with Crippen LogP contribution in [0.3, 0.4) is 0 Å². The van der Waals surface area contributed by atoms with Crippen molar-refractivity contribution in [2.24, 2.45) is 0 Å². The molecule has 0 spiro atoms. The Kier molecular flexibility index (Phi) is 8.16. The van der Waals surface area contributed by atoms with Crippen molar-refractivity contribution >= 4 is 18.3 Å². The van der Waals surface area contributed by atoms with E-state index in [1.54, 1.807) is 0 Å². The molecule has 1 amide bonds. The second-order valence-electron chi connectivity index (χ2n) is 5.41. The van der Waals surface area contributed by atoms with Crippen molar-refractivity contribution in [1.82, 2.24) is 10.6 Å². The maximum absolute atomic E-state index is 11.8. The number of hydrogen-bond acceptors (Lipinski definition) is 3. The van der Waals surface area contributed by atoms with Gasteiger partial charge in [-0.3, -0.25) is 4.79 Å². The van der Waals surface area contributed by atoms with Crippen LogP contribution >= 0.6 is 12.4 Å². The third-order valence-electron chi connectivity index (χ3n) is 3.55. The second-order valence-corrected chi connectivity index (χ2v) is 5.41. The highest BCUT2D eigenvalue weighted by atomic mass is 35.5. The molecule has 4 nitrogen and oxygen atoms in total. The number of halogens is 1. The predicted molar refractivity (Wildman–Crippen MR) is 87.0 cm³/mol. The zero-order chi connectivity index (χ0) is 14.2. The van der Waals surface area contributed by atoms with Gasteiger partial charge in [0.15, 0.2) is 0 Å². The van der Waals surface area contributed by atoms with E-state index in [4.69, 9.17) is 4.74 Å². The molecule has 0 aromatic heterocycles. The molecule has 0 bridgehead atoms. The van der Waals surface area contributed by atoms with Gasteiger partial charge < -0.3 is 15.4 Å². The average molecular weight is 313 g/mol. The maximum Gasteiger partial charge on any atom is 0.220 e. The number of benzene rings is 1. The molecule has 1 saturated heterocycles. The maximum atomic E-state index is 11.8. The Morgan fingerprint density at radius 1 is 1.38 bits per heavy atom. The Hall–Kier alpha value is -1.26. The van der Waals surface area contributed by atoms with Gasteiger partial charge in [0.25, 0.3) is 0 Å². The fourth-order valence-electron chi connectivity index (χ4n) is 2.50. The van der Waals surface area contributed by atoms with Gasteiger partial charge in [0.05, 0.1) is 6.61 Å². The number of ether oxygens (including phenoxy) is 1. The van der Waals surface area contributed by atoms with Gasteiger partial charge in [-0.1, -0.05) is 18.2 Å². The molecule has 0 aliphatic carbocycles. The van der Waals surface area contributed by atoms with E-state index in [0.717, 1.165) is 31.6 Å². The molecule has 2 atom stereocenters. The summed E-state index contributed by atoms with van der Waals surface area (Å²) in [4.78, 5) is 11.8. The van der Waals surface area contributed by atoms with Crippen molar-refractivity contribution < 1.29 is 9.53 Å². The van der Waals surface area contributed by atoms with Crippen LogP contribution in [-0.4, -0.2) is 31.1 Å². The van der Waals surface area contributed by atoms with E-state index in [1.807, 2.05) is 30.3 Å². The van der Waals surface area contributed by atoms with Crippen LogP contribution in [-0.2, 0) is 4.79 Å². The van der Waals surface area contributed by atoms with E-state index < -0.39 is 0 Å². The van der Waals surface area contributed by atoms with Gasteiger partial charge in [-0.05, 0) is 44.9 Å². The molecule has 21 heavy (non-hydrogen) atoms. The van der Waals surface area contributed by atoms with Crippen LogP contribution in [0.2, 0.25) is 0 Å². The summed E-state index contributed by atoms with van der Waals surface area (Å²) in [6.45, 7) is 3.73. The molecular formula is C16H25ClN2O2. The summed E-state index contributed by atoms with van der Waals surface area (Å²) in [5, 5.41) is 6.50. The smallest absolute Gasteiger partial charge is 0.220 e. The first-order valence-electron chi connectivity index (χ1n) is 7.44. The zero-order valence-corrected chi connectivity index (χ0v) is 13.3. The number of amides is 1. The lowest BCUT2D eigenvalue weighted by molar-refractivity contribution is -0.122. The van der Waals surface area contributed by atoms with E-state index in [2.05, 4.69) is 17.6 Å². The van der Waals surface area contributed by atoms with Gasteiger partial charge >= 0.3 is 0 Å². The van der Waals surface area contributed by atoms with Crippen molar-refractivity contribution in [2.45, 2.75) is 44.7 Å². The summed E-state index contributed by atoms with van der Waals surface area (Å²) in [5.74, 6) is 1.00. The molecular weight excluding hydrogens is 288 g/mol. The van der Waals surface area contributed by atoms with Gasteiger partial charge in [0, 0.05) is 18.5 Å². The molecule has 1 aliphatic heterocycles. The van der Waals surface area contributed by atoms with Crippen molar-refractivity contribution in [1.29, 1.82) is 0 Å². The number of para-hydroxylation sites is 1. The van der Waals surface area contributed by atoms with Crippen molar-refractivity contribution in [3.8, 4) is 5.75 Å². The molecule has 118 valence electrons. The summed E-state index contributed by atoms with van der Waals surface area (Å²) >= 11 is 0. The molecule has 1 fully saturated rings. The fraction of sp³-hybridized carbons (Fsp3) is 0.562. The second kappa shape index (κ2) is 9.64. The van der Waals surface area contributed by atoms with Gasteiger partial charge in [-0.15, -0.1) is 12.4 Å². The number of hydrogen-bond donors (Lipinski definition) is 2. The van der Waals surface area contributed by atoms with Crippen LogP contribution in [0.4, 0.5) is 0 Å². The lowest BCUT2D eigenvalue weighted by Crippen LogP contribution is -2.46. The zero-order valence-electron chi connectivity index (χ0n) is 12.5. The molecule has 0 radical (unpaired) electrons. The Balaban J connectivity index is 0.00000220. The molecule has 2 N–H and O–H groups in total. The summed E-state index contributed by atoms with van der Waals surface area (Å²) in [6.07, 6.45) is 3.33. The standard InChI is InChI=1S/C16H24N2O2.ClH/c1-13-12-14(9-10-17-13)18-16(19)8-5-11-20-15-6-3-2-4-7-15;/h2-4,6-7,13-14,17H,5,8-12H2,1H3,(H,18,19);1H. The number of rotatable bonds is 6. The number of carbonyl (C=O) groups is 1. The Labute approximate surface area is 133 Å². The highest BCUT2D eigenvalue weighted by Crippen LogP contribution is 2.10. The first-order chi connectivity index (χ1) is 9.74. The lowest BCUT2D eigenvalue weighted by atomic mass is 10.0. The van der Waals surface area contributed by atoms with Crippen LogP contribution in [0.25, 0.3) is 0 Å². The summed E-state index contributed by atoms with van der Waals surface area (Å²) < 4.78 is 5.57. The molecule has 1 heterocycles. The lowest BCUT2D eigenvalue weighted by Gasteiger charge is -2.28. The third kappa shape index (κ3) is 6.82. The van der Waals surface area contributed by atoms with Crippen molar-refractivity contribution in [3.05, 3.63) is 30.3 Å². The molecule has 1 aromatic rings. The minimum Gasteiger partial charge on any atom is -0.494 e. The Morgan fingerprint density at radius 2 is 2.14 bits per heavy atom. The number of nitrogens with one attached hydrogen (secondary N) is 2. The van der Waals surface area contributed by atoms with Crippen LogP contribution in [0.5, 0.6) is 5.75 Å². The van der Waals surface area contributed by atoms with Gasteiger partial charge in [-0.25, -0.2) is 0 Å². The highest BCUT2D eigenvalue weighted by Gasteiger charge is 2.19. The van der Waals surface area contributed by atoms with Crippen molar-refractivity contribution in [2.75, 3.05) is 13.2 Å². The largest absolute Gasteiger partial charge is 0.494 e.